The third-order valence-corrected chi connectivity index (χ3v) is 3.34. The Morgan fingerprint density at radius 3 is 2.63 bits per heavy atom. The maximum absolute atomic E-state index is 13.1. The predicted molar refractivity (Wildman–Crippen MR) is 69.6 cm³/mol. The Morgan fingerprint density at radius 2 is 1.89 bits per heavy atom. The second-order valence-electron chi connectivity index (χ2n) is 3.83. The molecule has 3 aromatic rings. The lowest BCUT2D eigenvalue weighted by Crippen LogP contribution is -1.93. The van der Waals surface area contributed by atoms with Gasteiger partial charge in [0.1, 0.15) is 11.6 Å². The molecule has 2 heterocycles. The molecule has 0 aliphatic carbocycles. The highest BCUT2D eigenvalue weighted by Crippen LogP contribution is 2.27. The first-order chi connectivity index (χ1) is 9.13. The molecule has 0 fully saturated rings. The number of fused-ring (bicyclic) bond motifs is 1. The minimum absolute atomic E-state index is 0.326. The minimum Gasteiger partial charge on any atom is -0.382 e. The van der Waals surface area contributed by atoms with E-state index in [1.807, 2.05) is 0 Å². The maximum atomic E-state index is 13.1. The number of nitrogen functional groups attached to an aromatic ring is 1. The molecule has 1 aromatic carbocycles. The van der Waals surface area contributed by atoms with E-state index in [9.17, 15) is 8.78 Å². The summed E-state index contributed by atoms with van der Waals surface area (Å²) in [4.78, 5) is 4.54. The van der Waals surface area contributed by atoms with Gasteiger partial charge in [-0.1, -0.05) is 0 Å². The molecule has 0 bridgehead atoms. The van der Waals surface area contributed by atoms with E-state index in [2.05, 4.69) is 10.1 Å². The molecule has 19 heavy (non-hydrogen) atoms. The first-order valence-corrected chi connectivity index (χ1v) is 6.14. The highest BCUT2D eigenvalue weighted by molar-refractivity contribution is 7.97. The lowest BCUT2D eigenvalue weighted by Gasteiger charge is -2.02. The Kier molecular flexibility index (Phi) is 2.83. The van der Waals surface area contributed by atoms with Gasteiger partial charge in [0.05, 0.1) is 5.39 Å². The second-order valence-corrected chi connectivity index (χ2v) is 4.83. The third-order valence-electron chi connectivity index (χ3n) is 2.47. The van der Waals surface area contributed by atoms with Crippen LogP contribution in [0.25, 0.3) is 11.0 Å². The second kappa shape index (κ2) is 4.51. The number of pyridine rings is 1. The Labute approximate surface area is 111 Å². The zero-order chi connectivity index (χ0) is 13.4. The van der Waals surface area contributed by atoms with E-state index < -0.39 is 11.6 Å². The van der Waals surface area contributed by atoms with Crippen LogP contribution in [-0.2, 0) is 0 Å². The summed E-state index contributed by atoms with van der Waals surface area (Å²) in [5, 5.41) is 4.80. The van der Waals surface area contributed by atoms with Gasteiger partial charge in [-0.25, -0.2) is 13.8 Å². The van der Waals surface area contributed by atoms with Gasteiger partial charge in [-0.15, -0.1) is 5.10 Å². The van der Waals surface area contributed by atoms with Crippen LogP contribution in [-0.4, -0.2) is 14.2 Å². The monoisotopic (exact) mass is 278 g/mol. The number of benzene rings is 1. The molecular weight excluding hydrogens is 270 g/mol. The number of halogens is 2. The van der Waals surface area contributed by atoms with E-state index in [1.165, 1.54) is 16.2 Å². The van der Waals surface area contributed by atoms with E-state index in [4.69, 9.17) is 5.73 Å². The van der Waals surface area contributed by atoms with Crippen LogP contribution in [0, 0.1) is 11.6 Å². The number of hydrogen-bond acceptors (Lipinski definition) is 4. The molecule has 0 spiro atoms. The van der Waals surface area contributed by atoms with Gasteiger partial charge in [0, 0.05) is 29.1 Å². The molecule has 2 N–H and O–H groups in total. The fourth-order valence-corrected chi connectivity index (χ4v) is 2.58. The van der Waals surface area contributed by atoms with Crippen molar-refractivity contribution in [1.82, 2.24) is 14.2 Å². The molecule has 0 radical (unpaired) electrons. The fraction of sp³-hybridized carbons (Fsp3) is 0. The van der Waals surface area contributed by atoms with Crippen molar-refractivity contribution in [2.45, 2.75) is 4.90 Å². The van der Waals surface area contributed by atoms with E-state index in [0.717, 1.165) is 18.0 Å². The van der Waals surface area contributed by atoms with Gasteiger partial charge in [-0.2, -0.15) is 4.09 Å². The largest absolute Gasteiger partial charge is 0.382 e. The Hall–Kier alpha value is -2.15. The van der Waals surface area contributed by atoms with Gasteiger partial charge in [-0.05, 0) is 24.3 Å². The van der Waals surface area contributed by atoms with E-state index in [0.29, 0.717) is 21.7 Å². The molecule has 2 aromatic heterocycles. The number of nitrogens with two attached hydrogens (primary N) is 1. The molecule has 0 aliphatic heterocycles. The normalized spacial score (nSPS) is 11.1. The van der Waals surface area contributed by atoms with E-state index in [1.54, 1.807) is 18.3 Å². The average Bonchev–Trinajstić information content (AvgIpc) is 2.66. The van der Waals surface area contributed by atoms with Crippen molar-refractivity contribution in [3.8, 4) is 0 Å². The lowest BCUT2D eigenvalue weighted by molar-refractivity contribution is 0.577. The molecule has 7 heteroatoms. The molecule has 0 unspecified atom stereocenters. The van der Waals surface area contributed by atoms with Gasteiger partial charge in [-0.3, -0.25) is 0 Å². The number of hydrogen-bond donors (Lipinski definition) is 1. The molecule has 4 nitrogen and oxygen atoms in total. The van der Waals surface area contributed by atoms with Crippen LogP contribution in [0.4, 0.5) is 14.6 Å². The molecule has 96 valence electrons. The standard InChI is InChI=1S/C12H8F2N4S/c13-7-4-8(14)6-9(5-7)19-18-12-10(11(15)17-18)2-1-3-16-12/h1-6H,(H2,15,17). The maximum Gasteiger partial charge on any atom is 0.172 e. The van der Waals surface area contributed by atoms with Crippen molar-refractivity contribution in [3.05, 3.63) is 48.2 Å². The molecule has 0 atom stereocenters. The van der Waals surface area contributed by atoms with Crippen molar-refractivity contribution >= 4 is 28.8 Å². The molecule has 0 saturated heterocycles. The average molecular weight is 278 g/mol. The van der Waals surface area contributed by atoms with Gasteiger partial charge < -0.3 is 5.73 Å². The Morgan fingerprint density at radius 1 is 1.16 bits per heavy atom. The van der Waals surface area contributed by atoms with Crippen LogP contribution in [0.5, 0.6) is 0 Å². The van der Waals surface area contributed by atoms with Gasteiger partial charge in [0.2, 0.25) is 0 Å². The summed E-state index contributed by atoms with van der Waals surface area (Å²) in [6.07, 6.45) is 1.60. The Bertz CT molecular complexity index is 736. The molecular formula is C12H8F2N4S. The number of rotatable bonds is 2. The van der Waals surface area contributed by atoms with Crippen LogP contribution in [0.2, 0.25) is 0 Å². The minimum atomic E-state index is -0.639. The summed E-state index contributed by atoms with van der Waals surface area (Å²) in [5.41, 5.74) is 6.31. The quantitative estimate of drug-likeness (QED) is 0.783. The van der Waals surface area contributed by atoms with Crippen LogP contribution in [0.1, 0.15) is 0 Å². The van der Waals surface area contributed by atoms with Crippen molar-refractivity contribution in [3.63, 3.8) is 0 Å². The summed E-state index contributed by atoms with van der Waals surface area (Å²) in [7, 11) is 0. The fourth-order valence-electron chi connectivity index (χ4n) is 1.69. The van der Waals surface area contributed by atoms with Crippen molar-refractivity contribution in [1.29, 1.82) is 0 Å². The first kappa shape index (κ1) is 11.9. The van der Waals surface area contributed by atoms with Crippen LogP contribution in [0.15, 0.2) is 41.4 Å². The van der Waals surface area contributed by atoms with Gasteiger partial charge in [0.15, 0.2) is 11.5 Å². The third kappa shape index (κ3) is 2.24. The predicted octanol–water partition coefficient (Wildman–Crippen LogP) is 2.85. The molecule has 0 amide bonds. The smallest absolute Gasteiger partial charge is 0.172 e. The summed E-state index contributed by atoms with van der Waals surface area (Å²) in [5.74, 6) is -0.952. The van der Waals surface area contributed by atoms with E-state index in [-0.39, 0.29) is 0 Å². The highest BCUT2D eigenvalue weighted by atomic mass is 32.2. The number of aromatic nitrogens is 3. The van der Waals surface area contributed by atoms with Crippen LogP contribution in [0.3, 0.4) is 0 Å². The van der Waals surface area contributed by atoms with Gasteiger partial charge >= 0.3 is 0 Å². The van der Waals surface area contributed by atoms with Crippen molar-refractivity contribution < 1.29 is 8.78 Å². The number of nitrogens with zero attached hydrogens (tertiary/aromatic N) is 3. The van der Waals surface area contributed by atoms with Crippen molar-refractivity contribution in [2.75, 3.05) is 5.73 Å². The molecule has 0 aliphatic rings. The molecule has 3 rings (SSSR count). The summed E-state index contributed by atoms with van der Waals surface area (Å²) in [6, 6.07) is 6.80. The molecule has 0 saturated carbocycles. The highest BCUT2D eigenvalue weighted by Gasteiger charge is 2.11. The summed E-state index contributed by atoms with van der Waals surface area (Å²) < 4.78 is 27.7. The van der Waals surface area contributed by atoms with Crippen LogP contribution >= 0.6 is 11.9 Å². The topological polar surface area (TPSA) is 56.7 Å². The zero-order valence-corrected chi connectivity index (χ0v) is 10.4. The van der Waals surface area contributed by atoms with Crippen molar-refractivity contribution in [2.24, 2.45) is 0 Å². The Balaban J connectivity index is 2.06. The first-order valence-electron chi connectivity index (χ1n) is 5.37. The van der Waals surface area contributed by atoms with E-state index >= 15 is 0 Å². The van der Waals surface area contributed by atoms with Gasteiger partial charge in [0.25, 0.3) is 0 Å². The zero-order valence-electron chi connectivity index (χ0n) is 9.55. The summed E-state index contributed by atoms with van der Waals surface area (Å²) in [6.45, 7) is 0. The SMILES string of the molecule is Nc1nn(Sc2cc(F)cc(F)c2)c2ncccc12. The number of anilines is 1. The lowest BCUT2D eigenvalue weighted by atomic mass is 10.3. The van der Waals surface area contributed by atoms with Crippen LogP contribution < -0.4 is 5.73 Å². The summed E-state index contributed by atoms with van der Waals surface area (Å²) >= 11 is 1.05.